The maximum absolute atomic E-state index is 13.3. The van der Waals surface area contributed by atoms with Crippen molar-refractivity contribution >= 4 is 21.9 Å². The molecule has 1 aromatic carbocycles. The van der Waals surface area contributed by atoms with Crippen LogP contribution in [0.4, 0.5) is 4.39 Å². The third-order valence-electron chi connectivity index (χ3n) is 2.75. The highest BCUT2D eigenvalue weighted by Crippen LogP contribution is 2.48. The van der Waals surface area contributed by atoms with Gasteiger partial charge in [-0.3, -0.25) is 4.79 Å². The van der Waals surface area contributed by atoms with Gasteiger partial charge in [-0.15, -0.1) is 0 Å². The molecule has 0 radical (unpaired) electrons. The van der Waals surface area contributed by atoms with Gasteiger partial charge < -0.3 is 4.74 Å². The molecule has 0 unspecified atom stereocenters. The van der Waals surface area contributed by atoms with Crippen molar-refractivity contribution in [2.45, 2.75) is 19.3 Å². The summed E-state index contributed by atoms with van der Waals surface area (Å²) in [7, 11) is 0. The molecule has 1 aromatic rings. The topological polar surface area (TPSA) is 26.3 Å². The number of esters is 1. The maximum atomic E-state index is 13.3. The highest BCUT2D eigenvalue weighted by atomic mass is 79.9. The van der Waals surface area contributed by atoms with Crippen LogP contribution in [0.2, 0.25) is 0 Å². The molecule has 1 aliphatic carbocycles. The van der Waals surface area contributed by atoms with Crippen LogP contribution >= 0.6 is 15.9 Å². The number of carbonyl (C=O) groups excluding carboxylic acids is 1. The molecule has 0 aliphatic heterocycles. The summed E-state index contributed by atoms with van der Waals surface area (Å²) in [5, 5.41) is 0. The summed E-state index contributed by atoms with van der Waals surface area (Å²) < 4.78 is 18.7. The summed E-state index contributed by atoms with van der Waals surface area (Å²) in [5.74, 6) is -0.412. The Bertz CT molecular complexity index is 419. The van der Waals surface area contributed by atoms with Gasteiger partial charge in [0.2, 0.25) is 0 Å². The van der Waals surface area contributed by atoms with Gasteiger partial charge in [0.15, 0.2) is 0 Å². The third-order valence-corrected chi connectivity index (χ3v) is 3.39. The van der Waals surface area contributed by atoms with Gasteiger partial charge >= 0.3 is 5.97 Å². The van der Waals surface area contributed by atoms with Crippen molar-refractivity contribution in [1.82, 2.24) is 0 Å². The molecule has 2 rings (SSSR count). The second-order valence-electron chi connectivity index (χ2n) is 3.87. The summed E-state index contributed by atoms with van der Waals surface area (Å²) in [6.45, 7) is 2.19. The molecule has 2 nitrogen and oxygen atoms in total. The number of halogens is 2. The minimum atomic E-state index is -0.285. The first kappa shape index (κ1) is 11.6. The maximum Gasteiger partial charge on any atom is 0.309 e. The summed E-state index contributed by atoms with van der Waals surface area (Å²) in [5.41, 5.74) is 0.874. The molecule has 0 bridgehead atoms. The van der Waals surface area contributed by atoms with Gasteiger partial charge in [-0.2, -0.15) is 0 Å². The minimum absolute atomic E-state index is 0.0828. The van der Waals surface area contributed by atoms with Gasteiger partial charge in [-0.05, 0) is 52.9 Å². The minimum Gasteiger partial charge on any atom is -0.466 e. The van der Waals surface area contributed by atoms with Crippen LogP contribution in [0.15, 0.2) is 22.7 Å². The first-order chi connectivity index (χ1) is 7.63. The Morgan fingerprint density at radius 2 is 2.38 bits per heavy atom. The van der Waals surface area contributed by atoms with E-state index in [1.165, 1.54) is 6.07 Å². The molecule has 0 saturated heterocycles. The van der Waals surface area contributed by atoms with E-state index in [2.05, 4.69) is 15.9 Å². The average molecular weight is 287 g/mol. The van der Waals surface area contributed by atoms with Crippen LogP contribution in [-0.2, 0) is 9.53 Å². The molecule has 16 heavy (non-hydrogen) atoms. The Labute approximate surface area is 102 Å². The van der Waals surface area contributed by atoms with Gasteiger partial charge in [0, 0.05) is 0 Å². The Morgan fingerprint density at radius 1 is 1.62 bits per heavy atom. The molecular weight excluding hydrogens is 275 g/mol. The molecule has 1 saturated carbocycles. The van der Waals surface area contributed by atoms with Crippen LogP contribution in [0, 0.1) is 11.7 Å². The fourth-order valence-electron chi connectivity index (χ4n) is 1.82. The summed E-state index contributed by atoms with van der Waals surface area (Å²) in [6, 6.07) is 5.00. The zero-order valence-corrected chi connectivity index (χ0v) is 10.5. The van der Waals surface area contributed by atoms with Gasteiger partial charge in [0.25, 0.3) is 0 Å². The zero-order chi connectivity index (χ0) is 11.7. The van der Waals surface area contributed by atoms with E-state index in [4.69, 9.17) is 4.74 Å². The highest BCUT2D eigenvalue weighted by Gasteiger charge is 2.45. The van der Waals surface area contributed by atoms with Crippen LogP contribution in [0.25, 0.3) is 0 Å². The van der Waals surface area contributed by atoms with E-state index in [0.29, 0.717) is 11.1 Å². The number of benzene rings is 1. The van der Waals surface area contributed by atoms with Crippen LogP contribution < -0.4 is 0 Å². The molecule has 86 valence electrons. The molecule has 4 heteroatoms. The molecule has 1 fully saturated rings. The second-order valence-corrected chi connectivity index (χ2v) is 4.73. The van der Waals surface area contributed by atoms with Crippen molar-refractivity contribution in [3.05, 3.63) is 34.1 Å². The number of carbonyl (C=O) groups is 1. The van der Waals surface area contributed by atoms with E-state index in [1.807, 2.05) is 6.07 Å². The van der Waals surface area contributed by atoms with Crippen LogP contribution in [0.1, 0.15) is 24.8 Å². The smallest absolute Gasteiger partial charge is 0.309 e. The number of hydrogen-bond acceptors (Lipinski definition) is 2. The SMILES string of the molecule is CCOC(=O)[C@H]1C[C@@H]1c1ccc(Br)c(F)c1. The lowest BCUT2D eigenvalue weighted by atomic mass is 10.1. The predicted molar refractivity (Wildman–Crippen MR) is 61.6 cm³/mol. The Hall–Kier alpha value is -0.900. The van der Waals surface area contributed by atoms with Crippen molar-refractivity contribution in [3.63, 3.8) is 0 Å². The van der Waals surface area contributed by atoms with E-state index in [1.54, 1.807) is 13.0 Å². The lowest BCUT2D eigenvalue weighted by Crippen LogP contribution is -2.07. The standard InChI is InChI=1S/C12H12BrFO2/c1-2-16-12(15)9-6-8(9)7-3-4-10(13)11(14)5-7/h3-5,8-9H,2,6H2,1H3/t8-,9+/m1/s1. The normalized spacial score (nSPS) is 22.9. The zero-order valence-electron chi connectivity index (χ0n) is 8.87. The summed E-state index contributed by atoms with van der Waals surface area (Å²) in [4.78, 5) is 11.4. The largest absolute Gasteiger partial charge is 0.466 e. The number of rotatable bonds is 3. The quantitative estimate of drug-likeness (QED) is 0.798. The number of ether oxygens (including phenoxy) is 1. The van der Waals surface area contributed by atoms with Gasteiger partial charge in [0.05, 0.1) is 17.0 Å². The molecule has 0 spiro atoms. The van der Waals surface area contributed by atoms with Crippen molar-refractivity contribution < 1.29 is 13.9 Å². The Morgan fingerprint density at radius 3 is 3.00 bits per heavy atom. The Kier molecular flexibility index (Phi) is 3.28. The second kappa shape index (κ2) is 4.53. The molecule has 0 heterocycles. The first-order valence-corrected chi connectivity index (χ1v) is 6.04. The third kappa shape index (κ3) is 2.26. The number of hydrogen-bond donors (Lipinski definition) is 0. The predicted octanol–water partition coefficient (Wildman–Crippen LogP) is 3.25. The van der Waals surface area contributed by atoms with E-state index in [9.17, 15) is 9.18 Å². The Balaban J connectivity index is 2.06. The van der Waals surface area contributed by atoms with E-state index in [-0.39, 0.29) is 23.6 Å². The van der Waals surface area contributed by atoms with Crippen LogP contribution in [-0.4, -0.2) is 12.6 Å². The molecule has 0 N–H and O–H groups in total. The monoisotopic (exact) mass is 286 g/mol. The molecule has 2 atom stereocenters. The van der Waals surface area contributed by atoms with Gasteiger partial charge in [0.1, 0.15) is 5.82 Å². The van der Waals surface area contributed by atoms with E-state index < -0.39 is 0 Å². The van der Waals surface area contributed by atoms with Crippen molar-refractivity contribution in [2.75, 3.05) is 6.61 Å². The molecule has 0 aromatic heterocycles. The summed E-state index contributed by atoms with van der Waals surface area (Å²) >= 11 is 3.10. The van der Waals surface area contributed by atoms with Crippen molar-refractivity contribution in [2.24, 2.45) is 5.92 Å². The van der Waals surface area contributed by atoms with Crippen molar-refractivity contribution in [3.8, 4) is 0 Å². The van der Waals surface area contributed by atoms with Crippen molar-refractivity contribution in [1.29, 1.82) is 0 Å². The van der Waals surface area contributed by atoms with Crippen LogP contribution in [0.3, 0.4) is 0 Å². The molecule has 1 aliphatic rings. The lowest BCUT2D eigenvalue weighted by Gasteiger charge is -2.02. The fraction of sp³-hybridized carbons (Fsp3) is 0.417. The van der Waals surface area contributed by atoms with E-state index in [0.717, 1.165) is 12.0 Å². The highest BCUT2D eigenvalue weighted by molar-refractivity contribution is 9.10. The summed E-state index contributed by atoms with van der Waals surface area (Å²) in [6.07, 6.45) is 0.764. The fourth-order valence-corrected chi connectivity index (χ4v) is 2.06. The molecular formula is C12H12BrFO2. The average Bonchev–Trinajstić information content (AvgIpc) is 3.02. The van der Waals surface area contributed by atoms with E-state index >= 15 is 0 Å². The molecule has 0 amide bonds. The lowest BCUT2D eigenvalue weighted by molar-refractivity contribution is -0.144. The van der Waals surface area contributed by atoms with Gasteiger partial charge in [-0.1, -0.05) is 6.07 Å². The first-order valence-electron chi connectivity index (χ1n) is 5.25. The van der Waals surface area contributed by atoms with Crippen LogP contribution in [0.5, 0.6) is 0 Å². The van der Waals surface area contributed by atoms with Gasteiger partial charge in [-0.25, -0.2) is 4.39 Å².